The summed E-state index contributed by atoms with van der Waals surface area (Å²) in [5.41, 5.74) is 10.7. The number of amides is 2. The Balaban J connectivity index is 0.000000191. The minimum atomic E-state index is -0.268. The predicted molar refractivity (Wildman–Crippen MR) is 194 cm³/mol. The summed E-state index contributed by atoms with van der Waals surface area (Å²) in [4.78, 5) is 28.4. The van der Waals surface area contributed by atoms with Crippen molar-refractivity contribution in [3.05, 3.63) is 129 Å². The van der Waals surface area contributed by atoms with Crippen molar-refractivity contribution in [2.75, 3.05) is 31.1 Å². The Bertz CT molecular complexity index is 2010. The number of phenols is 1. The summed E-state index contributed by atoms with van der Waals surface area (Å²) in [5, 5.41) is 9.99. The van der Waals surface area contributed by atoms with Gasteiger partial charge in [0, 0.05) is 34.7 Å². The molecule has 2 amide bonds. The average Bonchev–Trinajstić information content (AvgIpc) is 3.09. The lowest BCUT2D eigenvalue weighted by Gasteiger charge is -2.43. The van der Waals surface area contributed by atoms with Crippen molar-refractivity contribution in [1.82, 2.24) is 0 Å². The second-order valence-electron chi connectivity index (χ2n) is 12.7. The molecule has 6 rings (SSSR count). The van der Waals surface area contributed by atoms with Crippen LogP contribution in [0.1, 0.15) is 56.6 Å². The van der Waals surface area contributed by atoms with Gasteiger partial charge < -0.3 is 19.3 Å². The zero-order valence-electron chi connectivity index (χ0n) is 29.7. The van der Waals surface area contributed by atoms with E-state index in [0.717, 1.165) is 73.1 Å². The highest BCUT2D eigenvalue weighted by atomic mass is 16.5. The van der Waals surface area contributed by atoms with Crippen molar-refractivity contribution in [3.8, 4) is 23.0 Å². The molecule has 4 aromatic carbocycles. The van der Waals surface area contributed by atoms with E-state index in [4.69, 9.17) is 14.2 Å². The van der Waals surface area contributed by atoms with E-state index in [0.29, 0.717) is 11.1 Å². The van der Waals surface area contributed by atoms with Crippen molar-refractivity contribution < 1.29 is 28.9 Å². The second-order valence-corrected chi connectivity index (χ2v) is 12.7. The predicted octanol–water partition coefficient (Wildman–Crippen LogP) is 8.24. The Hall–Kier alpha value is -5.50. The maximum Gasteiger partial charge on any atom is 0.256 e. The largest absolute Gasteiger partial charge is 0.508 e. The van der Waals surface area contributed by atoms with Gasteiger partial charge in [-0.15, -0.1) is 0 Å². The Morgan fingerprint density at radius 1 is 0.551 bits per heavy atom. The third-order valence-electron chi connectivity index (χ3n) is 9.67. The Morgan fingerprint density at radius 2 is 0.959 bits per heavy atom. The van der Waals surface area contributed by atoms with Gasteiger partial charge in [0.05, 0.1) is 33.4 Å². The molecule has 8 heteroatoms. The fourth-order valence-corrected chi connectivity index (χ4v) is 6.31. The zero-order valence-corrected chi connectivity index (χ0v) is 29.7. The number of benzene rings is 4. The van der Waals surface area contributed by atoms with Crippen LogP contribution in [0.2, 0.25) is 0 Å². The number of phenolic OH excluding ortho intramolecular Hbond substituents is 1. The van der Waals surface area contributed by atoms with Gasteiger partial charge in [0.25, 0.3) is 11.8 Å². The maximum atomic E-state index is 12.5. The van der Waals surface area contributed by atoms with Gasteiger partial charge in [-0.3, -0.25) is 19.4 Å². The fourth-order valence-electron chi connectivity index (χ4n) is 6.31. The third kappa shape index (κ3) is 6.15. The van der Waals surface area contributed by atoms with E-state index >= 15 is 0 Å². The SMILES string of the molecule is C=C1C(=O)N(c2cc(C)c(C)c(OC)c2)[C@H]1c1ccc(C)c(O)c1.C=C1C(=O)N(c2cc(C)c(C)c(OC)c2)[C@H]1c1ccc(C)c(OC)c1. The van der Waals surface area contributed by atoms with E-state index in [1.54, 1.807) is 37.2 Å². The number of anilines is 2. The van der Waals surface area contributed by atoms with E-state index in [1.165, 1.54) is 0 Å². The molecule has 2 atom stereocenters. The Kier molecular flexibility index (Phi) is 9.63. The molecule has 0 aromatic heterocycles. The molecule has 0 spiro atoms. The van der Waals surface area contributed by atoms with Crippen LogP contribution in [-0.2, 0) is 9.59 Å². The molecule has 1 N–H and O–H groups in total. The highest BCUT2D eigenvalue weighted by Crippen LogP contribution is 2.46. The first kappa shape index (κ1) is 34.8. The Labute approximate surface area is 288 Å². The number of methoxy groups -OCH3 is 3. The average molecular weight is 661 g/mol. The van der Waals surface area contributed by atoms with Crippen LogP contribution < -0.4 is 24.0 Å². The van der Waals surface area contributed by atoms with Crippen molar-refractivity contribution in [2.45, 2.75) is 53.6 Å². The summed E-state index contributed by atoms with van der Waals surface area (Å²) >= 11 is 0. The lowest BCUT2D eigenvalue weighted by Crippen LogP contribution is -2.48. The minimum absolute atomic E-state index is 0.0603. The van der Waals surface area contributed by atoms with E-state index < -0.39 is 0 Å². The normalized spacial score (nSPS) is 16.8. The molecular formula is C41H44N2O6. The Morgan fingerprint density at radius 3 is 1.37 bits per heavy atom. The van der Waals surface area contributed by atoms with Crippen molar-refractivity contribution in [1.29, 1.82) is 0 Å². The van der Waals surface area contributed by atoms with Gasteiger partial charge in [-0.25, -0.2) is 0 Å². The van der Waals surface area contributed by atoms with Gasteiger partial charge in [-0.05, 0) is 110 Å². The van der Waals surface area contributed by atoms with Crippen LogP contribution in [0.15, 0.2) is 85.0 Å². The first-order chi connectivity index (χ1) is 23.2. The number of rotatable bonds is 7. The van der Waals surface area contributed by atoms with Crippen LogP contribution in [0.25, 0.3) is 0 Å². The van der Waals surface area contributed by atoms with Gasteiger partial charge in [0.1, 0.15) is 23.0 Å². The number of nitrogens with zero attached hydrogens (tertiary/aromatic N) is 2. The maximum absolute atomic E-state index is 12.5. The van der Waals surface area contributed by atoms with Crippen LogP contribution in [0.4, 0.5) is 11.4 Å². The van der Waals surface area contributed by atoms with Crippen molar-refractivity contribution in [3.63, 3.8) is 0 Å². The molecule has 2 fully saturated rings. The van der Waals surface area contributed by atoms with Gasteiger partial charge in [0.15, 0.2) is 0 Å². The molecule has 2 heterocycles. The molecule has 0 bridgehead atoms. The molecule has 2 saturated heterocycles. The topological polar surface area (TPSA) is 88.5 Å². The quantitative estimate of drug-likeness (QED) is 0.159. The fraction of sp³-hybridized carbons (Fsp3) is 0.268. The summed E-state index contributed by atoms with van der Waals surface area (Å²) in [7, 11) is 4.92. The number of ether oxygens (including phenoxy) is 3. The number of aromatic hydroxyl groups is 1. The highest BCUT2D eigenvalue weighted by molar-refractivity contribution is 6.15. The van der Waals surface area contributed by atoms with E-state index in [2.05, 4.69) is 13.2 Å². The van der Waals surface area contributed by atoms with Crippen LogP contribution in [-0.4, -0.2) is 38.3 Å². The molecule has 2 aliphatic rings. The van der Waals surface area contributed by atoms with Crippen LogP contribution >= 0.6 is 0 Å². The van der Waals surface area contributed by atoms with E-state index in [1.807, 2.05) is 96.1 Å². The zero-order chi connectivity index (χ0) is 35.9. The summed E-state index contributed by atoms with van der Waals surface area (Å²) in [6.45, 7) is 19.7. The summed E-state index contributed by atoms with van der Waals surface area (Å²) < 4.78 is 16.3. The second kappa shape index (κ2) is 13.5. The standard InChI is InChI=1S/C21H23NO3.C20H21NO3/c1-12-7-8-16(10-18(12)24-5)20-15(4)21(23)22(20)17-9-13(2)14(3)19(11-17)25-6;1-11-6-7-15(9-17(11)22)19-14(4)20(23)21(19)16-8-12(2)13(3)18(10-16)24-5/h7-11,20H,4H2,1-3,5-6H3;6-10,19,22H,4H2,1-3,5H3/t20-;19-/m11/s1. The van der Waals surface area contributed by atoms with Gasteiger partial charge in [0.2, 0.25) is 0 Å². The number of carbonyl (C=O) groups is 2. The van der Waals surface area contributed by atoms with Crippen LogP contribution in [0.5, 0.6) is 23.0 Å². The molecule has 0 unspecified atom stereocenters. The number of carbonyl (C=O) groups excluding carboxylic acids is 2. The third-order valence-corrected chi connectivity index (χ3v) is 9.67. The molecule has 0 saturated carbocycles. The van der Waals surface area contributed by atoms with E-state index in [9.17, 15) is 14.7 Å². The number of hydrogen-bond acceptors (Lipinski definition) is 6. The molecule has 2 aliphatic heterocycles. The van der Waals surface area contributed by atoms with Gasteiger partial charge in [-0.2, -0.15) is 0 Å². The minimum Gasteiger partial charge on any atom is -0.508 e. The van der Waals surface area contributed by atoms with Gasteiger partial charge >= 0.3 is 0 Å². The lowest BCUT2D eigenvalue weighted by molar-refractivity contribution is -0.119. The summed E-state index contributed by atoms with van der Waals surface area (Å²) in [6.07, 6.45) is 0. The summed E-state index contributed by atoms with van der Waals surface area (Å²) in [6, 6.07) is 18.8. The summed E-state index contributed by atoms with van der Waals surface area (Å²) in [5.74, 6) is 2.39. The monoisotopic (exact) mass is 660 g/mol. The smallest absolute Gasteiger partial charge is 0.256 e. The number of hydrogen-bond donors (Lipinski definition) is 1. The van der Waals surface area contributed by atoms with Crippen molar-refractivity contribution in [2.24, 2.45) is 0 Å². The molecule has 8 nitrogen and oxygen atoms in total. The first-order valence-electron chi connectivity index (χ1n) is 16.0. The number of aryl methyl sites for hydroxylation is 4. The molecule has 0 aliphatic carbocycles. The van der Waals surface area contributed by atoms with E-state index in [-0.39, 0.29) is 29.6 Å². The molecule has 0 radical (unpaired) electrons. The van der Waals surface area contributed by atoms with Gasteiger partial charge in [-0.1, -0.05) is 37.4 Å². The molecular weight excluding hydrogens is 616 g/mol. The lowest BCUT2D eigenvalue weighted by atomic mass is 9.87. The first-order valence-corrected chi connectivity index (χ1v) is 16.0. The van der Waals surface area contributed by atoms with Crippen molar-refractivity contribution >= 4 is 23.2 Å². The van der Waals surface area contributed by atoms with Crippen LogP contribution in [0.3, 0.4) is 0 Å². The molecule has 254 valence electrons. The molecule has 49 heavy (non-hydrogen) atoms. The number of β-lactam (4-membered cyclic amide) rings is 2. The van der Waals surface area contributed by atoms with Crippen LogP contribution in [0, 0.1) is 41.5 Å². The highest BCUT2D eigenvalue weighted by Gasteiger charge is 2.44. The molecule has 4 aromatic rings.